The van der Waals surface area contributed by atoms with Crippen LogP contribution in [0.5, 0.6) is 0 Å². The number of hydrogen-bond acceptors (Lipinski definition) is 3. The molecule has 1 unspecified atom stereocenters. The lowest BCUT2D eigenvalue weighted by atomic mass is 9.87. The highest BCUT2D eigenvalue weighted by molar-refractivity contribution is 7.80. The first-order chi connectivity index (χ1) is 8.18. The van der Waals surface area contributed by atoms with E-state index in [0.717, 1.165) is 19.3 Å². The van der Waals surface area contributed by atoms with E-state index >= 15 is 0 Å². The summed E-state index contributed by atoms with van der Waals surface area (Å²) in [6.45, 7) is 0.546. The predicted molar refractivity (Wildman–Crippen MR) is 74.4 cm³/mol. The zero-order valence-corrected chi connectivity index (χ0v) is 11.2. The normalized spacial score (nSPS) is 18.5. The summed E-state index contributed by atoms with van der Waals surface area (Å²) in [4.78, 5) is 13.9. The Bertz CT molecular complexity index is 428. The van der Waals surface area contributed by atoms with Gasteiger partial charge in [0.15, 0.2) is 0 Å². The van der Waals surface area contributed by atoms with Crippen LogP contribution in [0.2, 0.25) is 0 Å². The van der Waals surface area contributed by atoms with E-state index in [1.165, 1.54) is 10.4 Å². The predicted octanol–water partition coefficient (Wildman–Crippen LogP) is 1.96. The van der Waals surface area contributed by atoms with Crippen LogP contribution in [0.4, 0.5) is 0 Å². The molecule has 1 aliphatic carbocycles. The van der Waals surface area contributed by atoms with Crippen LogP contribution < -0.4 is 11.1 Å². The number of nitrogens with two attached hydrogens (primary N) is 1. The maximum atomic E-state index is 12.0. The van der Waals surface area contributed by atoms with Crippen molar-refractivity contribution in [3.8, 4) is 0 Å². The molecular weight excluding hydrogens is 252 g/mol. The van der Waals surface area contributed by atoms with Crippen LogP contribution in [0.3, 0.4) is 0 Å². The monoisotopic (exact) mass is 268 g/mol. The van der Waals surface area contributed by atoms with Gasteiger partial charge in [-0.2, -0.15) is 0 Å². The number of thiophene rings is 1. The lowest BCUT2D eigenvalue weighted by Crippen LogP contribution is -2.33. The van der Waals surface area contributed by atoms with Gasteiger partial charge in [-0.1, -0.05) is 12.2 Å². The third-order valence-electron chi connectivity index (χ3n) is 3.04. The smallest absolute Gasteiger partial charge is 0.227 e. The SMILES string of the molecule is NC(=S)CCNC(=O)C1CCCc2sccc21. The van der Waals surface area contributed by atoms with Crippen molar-refractivity contribution in [3.63, 3.8) is 0 Å². The molecule has 1 amide bonds. The number of nitrogens with one attached hydrogen (secondary N) is 1. The Morgan fingerprint density at radius 3 is 3.24 bits per heavy atom. The highest BCUT2D eigenvalue weighted by atomic mass is 32.1. The lowest BCUT2D eigenvalue weighted by Gasteiger charge is -2.21. The fourth-order valence-electron chi connectivity index (χ4n) is 2.19. The molecule has 5 heteroatoms. The summed E-state index contributed by atoms with van der Waals surface area (Å²) in [7, 11) is 0. The summed E-state index contributed by atoms with van der Waals surface area (Å²) in [5.41, 5.74) is 6.62. The molecule has 0 saturated heterocycles. The number of amides is 1. The van der Waals surface area contributed by atoms with Crippen molar-refractivity contribution in [2.24, 2.45) is 5.73 Å². The maximum Gasteiger partial charge on any atom is 0.227 e. The molecule has 0 saturated carbocycles. The highest BCUT2D eigenvalue weighted by Crippen LogP contribution is 2.34. The van der Waals surface area contributed by atoms with Crippen LogP contribution in [0.1, 0.15) is 35.6 Å². The third-order valence-corrected chi connectivity index (χ3v) is 4.24. The van der Waals surface area contributed by atoms with Gasteiger partial charge >= 0.3 is 0 Å². The van der Waals surface area contributed by atoms with Gasteiger partial charge < -0.3 is 11.1 Å². The number of carbonyl (C=O) groups excluding carboxylic acids is 1. The fourth-order valence-corrected chi connectivity index (χ4v) is 3.28. The second kappa shape index (κ2) is 5.60. The average molecular weight is 268 g/mol. The quantitative estimate of drug-likeness (QED) is 0.821. The Morgan fingerprint density at radius 2 is 2.47 bits per heavy atom. The molecule has 92 valence electrons. The Hall–Kier alpha value is -0.940. The average Bonchev–Trinajstić information content (AvgIpc) is 2.75. The Labute approximate surface area is 110 Å². The Morgan fingerprint density at radius 1 is 1.65 bits per heavy atom. The fraction of sp³-hybridized carbons (Fsp3) is 0.500. The van der Waals surface area contributed by atoms with E-state index < -0.39 is 0 Å². The summed E-state index contributed by atoms with van der Waals surface area (Å²) in [5.74, 6) is 0.136. The number of thiocarbonyl (C=S) groups is 1. The molecule has 1 heterocycles. The van der Waals surface area contributed by atoms with Gasteiger partial charge in [0.2, 0.25) is 5.91 Å². The number of fused-ring (bicyclic) bond motifs is 1. The second-order valence-corrected chi connectivity index (χ2v) is 5.78. The van der Waals surface area contributed by atoms with Gasteiger partial charge in [0.05, 0.1) is 10.9 Å². The van der Waals surface area contributed by atoms with Gasteiger partial charge in [-0.3, -0.25) is 4.79 Å². The van der Waals surface area contributed by atoms with Crippen LogP contribution in [-0.2, 0) is 11.2 Å². The first-order valence-corrected chi connectivity index (χ1v) is 7.09. The van der Waals surface area contributed by atoms with Crippen LogP contribution in [0, 0.1) is 0 Å². The minimum atomic E-state index is 0.0244. The molecule has 0 radical (unpaired) electrons. The molecular formula is C12H16N2OS2. The summed E-state index contributed by atoms with van der Waals surface area (Å²) < 4.78 is 0. The first kappa shape index (κ1) is 12.5. The zero-order valence-electron chi connectivity index (χ0n) is 9.57. The van der Waals surface area contributed by atoms with E-state index in [1.807, 2.05) is 0 Å². The molecule has 1 atom stereocenters. The van der Waals surface area contributed by atoms with E-state index in [1.54, 1.807) is 11.3 Å². The van der Waals surface area contributed by atoms with Crippen LogP contribution in [0.15, 0.2) is 11.4 Å². The van der Waals surface area contributed by atoms with Crippen molar-refractivity contribution in [2.75, 3.05) is 6.54 Å². The van der Waals surface area contributed by atoms with Crippen molar-refractivity contribution < 1.29 is 4.79 Å². The van der Waals surface area contributed by atoms with E-state index in [-0.39, 0.29) is 11.8 Å². The van der Waals surface area contributed by atoms with Gasteiger partial charge in [-0.25, -0.2) is 0 Å². The standard InChI is InChI=1S/C12H16N2OS2/c13-11(16)4-6-14-12(15)9-2-1-3-10-8(9)5-7-17-10/h5,7,9H,1-4,6H2,(H2,13,16)(H,14,15). The van der Waals surface area contributed by atoms with Gasteiger partial charge in [0.25, 0.3) is 0 Å². The number of rotatable bonds is 4. The van der Waals surface area contributed by atoms with E-state index in [9.17, 15) is 4.79 Å². The van der Waals surface area contributed by atoms with Crippen LogP contribution in [0.25, 0.3) is 0 Å². The molecule has 1 aromatic rings. The third kappa shape index (κ3) is 3.04. The summed E-state index contributed by atoms with van der Waals surface area (Å²) in [5, 5.41) is 4.99. The van der Waals surface area contributed by atoms with E-state index in [2.05, 4.69) is 16.8 Å². The number of carbonyl (C=O) groups is 1. The highest BCUT2D eigenvalue weighted by Gasteiger charge is 2.26. The molecule has 3 N–H and O–H groups in total. The van der Waals surface area contributed by atoms with Crippen LogP contribution >= 0.6 is 23.6 Å². The topological polar surface area (TPSA) is 55.1 Å². The van der Waals surface area contributed by atoms with Gasteiger partial charge in [0.1, 0.15) is 0 Å². The van der Waals surface area contributed by atoms with Gasteiger partial charge in [-0.05, 0) is 36.3 Å². The van der Waals surface area contributed by atoms with Crippen molar-refractivity contribution in [3.05, 3.63) is 21.9 Å². The summed E-state index contributed by atoms with van der Waals surface area (Å²) in [6, 6.07) is 2.08. The molecule has 1 aliphatic rings. The molecule has 3 nitrogen and oxygen atoms in total. The van der Waals surface area contributed by atoms with Gasteiger partial charge in [0, 0.05) is 17.8 Å². The molecule has 1 aromatic heterocycles. The molecule has 2 rings (SSSR count). The zero-order chi connectivity index (χ0) is 12.3. The molecule has 17 heavy (non-hydrogen) atoms. The largest absolute Gasteiger partial charge is 0.393 e. The maximum absolute atomic E-state index is 12.0. The summed E-state index contributed by atoms with van der Waals surface area (Å²) >= 11 is 6.54. The molecule has 0 aliphatic heterocycles. The minimum absolute atomic E-state index is 0.0244. The van der Waals surface area contributed by atoms with Crippen molar-refractivity contribution in [1.29, 1.82) is 0 Å². The minimum Gasteiger partial charge on any atom is -0.393 e. The van der Waals surface area contributed by atoms with E-state index in [4.69, 9.17) is 18.0 Å². The summed E-state index contributed by atoms with van der Waals surface area (Å²) in [6.07, 6.45) is 3.73. The van der Waals surface area contributed by atoms with E-state index in [0.29, 0.717) is 18.0 Å². The Kier molecular flexibility index (Phi) is 4.12. The number of hydrogen-bond donors (Lipinski definition) is 2. The molecule has 0 fully saturated rings. The lowest BCUT2D eigenvalue weighted by molar-refractivity contribution is -0.122. The first-order valence-electron chi connectivity index (χ1n) is 5.81. The van der Waals surface area contributed by atoms with Crippen molar-refractivity contribution in [2.45, 2.75) is 31.6 Å². The van der Waals surface area contributed by atoms with Crippen LogP contribution in [-0.4, -0.2) is 17.4 Å². The number of aryl methyl sites for hydroxylation is 1. The second-order valence-electron chi connectivity index (χ2n) is 4.25. The molecule has 0 aromatic carbocycles. The molecule has 0 spiro atoms. The van der Waals surface area contributed by atoms with Gasteiger partial charge in [-0.15, -0.1) is 11.3 Å². The Balaban J connectivity index is 1.95. The molecule has 0 bridgehead atoms. The van der Waals surface area contributed by atoms with Crippen molar-refractivity contribution in [1.82, 2.24) is 5.32 Å². The van der Waals surface area contributed by atoms with Crippen molar-refractivity contribution >= 4 is 34.5 Å².